The number of nitrogens with zero attached hydrogens (tertiary/aromatic N) is 6. The third-order valence-corrected chi connectivity index (χ3v) is 11.1. The SMILES string of the molecule is C=CCN1CC(=O)N2[C@@H](Cc3ccc(OP(=O)(O)O)cc3)C(=O)N(Cc3cccc4c(-c5ccccc5)nn(Cc5ccccc5)c34)C[C@@H]2N1C(=O)NCc1ccccc1. The van der Waals surface area contributed by atoms with Crippen molar-refractivity contribution in [2.75, 3.05) is 19.6 Å². The molecule has 1 aromatic heterocycles. The molecular weight excluding hydrogens is 782 g/mol. The molecule has 0 spiro atoms. The van der Waals surface area contributed by atoms with Crippen molar-refractivity contribution in [1.82, 2.24) is 34.9 Å². The molecule has 306 valence electrons. The van der Waals surface area contributed by atoms with E-state index < -0.39 is 26.1 Å². The zero-order valence-electron chi connectivity index (χ0n) is 32.7. The summed E-state index contributed by atoms with van der Waals surface area (Å²) in [4.78, 5) is 65.4. The van der Waals surface area contributed by atoms with Crippen LogP contribution in [0.1, 0.15) is 22.3 Å². The van der Waals surface area contributed by atoms with Crippen LogP contribution in [0.5, 0.6) is 5.75 Å². The Bertz CT molecular complexity index is 2550. The van der Waals surface area contributed by atoms with E-state index in [4.69, 9.17) is 9.62 Å². The number of amides is 4. The largest absolute Gasteiger partial charge is 0.524 e. The monoisotopic (exact) mass is 825 g/mol. The zero-order valence-corrected chi connectivity index (χ0v) is 33.6. The van der Waals surface area contributed by atoms with Crippen molar-refractivity contribution in [3.8, 4) is 17.0 Å². The maximum Gasteiger partial charge on any atom is 0.524 e. The van der Waals surface area contributed by atoms with E-state index in [-0.39, 0.29) is 56.7 Å². The number of urea groups is 1. The van der Waals surface area contributed by atoms with Crippen LogP contribution in [0.2, 0.25) is 0 Å². The van der Waals surface area contributed by atoms with Gasteiger partial charge in [0, 0.05) is 37.0 Å². The molecule has 2 fully saturated rings. The van der Waals surface area contributed by atoms with Crippen LogP contribution in [0.4, 0.5) is 4.79 Å². The summed E-state index contributed by atoms with van der Waals surface area (Å²) < 4.78 is 18.2. The highest BCUT2D eigenvalue weighted by atomic mass is 31.2. The van der Waals surface area contributed by atoms with Gasteiger partial charge in [-0.2, -0.15) is 5.10 Å². The first kappa shape index (κ1) is 40.2. The fourth-order valence-electron chi connectivity index (χ4n) is 8.07. The van der Waals surface area contributed by atoms with Gasteiger partial charge in [0.1, 0.15) is 23.7 Å². The number of rotatable bonds is 13. The quantitative estimate of drug-likeness (QED) is 0.0944. The van der Waals surface area contributed by atoms with Crippen molar-refractivity contribution < 1.29 is 33.3 Å². The van der Waals surface area contributed by atoms with Gasteiger partial charge in [-0.05, 0) is 34.4 Å². The minimum atomic E-state index is -4.80. The van der Waals surface area contributed by atoms with Gasteiger partial charge in [0.25, 0.3) is 0 Å². The topological polar surface area (TPSA) is 161 Å². The lowest BCUT2D eigenvalue weighted by molar-refractivity contribution is -0.189. The van der Waals surface area contributed by atoms with Gasteiger partial charge in [-0.1, -0.05) is 127 Å². The first-order chi connectivity index (χ1) is 29.1. The average molecular weight is 826 g/mol. The first-order valence-electron chi connectivity index (χ1n) is 19.5. The van der Waals surface area contributed by atoms with Crippen molar-refractivity contribution >= 4 is 36.6 Å². The van der Waals surface area contributed by atoms with Gasteiger partial charge in [-0.25, -0.2) is 19.4 Å². The van der Waals surface area contributed by atoms with E-state index in [1.54, 1.807) is 28.1 Å². The number of nitrogens with one attached hydrogen (secondary N) is 1. The van der Waals surface area contributed by atoms with E-state index in [9.17, 15) is 28.7 Å². The molecule has 2 aliphatic rings. The molecule has 5 aromatic carbocycles. The molecule has 0 unspecified atom stereocenters. The van der Waals surface area contributed by atoms with Gasteiger partial charge in [0.15, 0.2) is 0 Å². The van der Waals surface area contributed by atoms with E-state index in [1.807, 2.05) is 114 Å². The number of hydrazine groups is 1. The lowest BCUT2D eigenvalue weighted by atomic mass is 9.98. The van der Waals surface area contributed by atoms with E-state index in [0.29, 0.717) is 12.1 Å². The molecule has 0 saturated carbocycles. The van der Waals surface area contributed by atoms with Gasteiger partial charge >= 0.3 is 13.9 Å². The third-order valence-electron chi connectivity index (χ3n) is 10.7. The van der Waals surface area contributed by atoms with E-state index >= 15 is 0 Å². The van der Waals surface area contributed by atoms with Crippen molar-refractivity contribution in [2.45, 2.75) is 38.3 Å². The Morgan fingerprint density at radius 3 is 2.17 bits per heavy atom. The fourth-order valence-corrected chi connectivity index (χ4v) is 8.47. The van der Waals surface area contributed by atoms with Crippen LogP contribution in [0, 0.1) is 0 Å². The minimum Gasteiger partial charge on any atom is -0.404 e. The summed E-state index contributed by atoms with van der Waals surface area (Å²) in [5.41, 5.74) is 6.02. The zero-order chi connectivity index (χ0) is 41.8. The van der Waals surface area contributed by atoms with E-state index in [1.165, 1.54) is 22.0 Å². The van der Waals surface area contributed by atoms with Gasteiger partial charge in [-0.3, -0.25) is 24.1 Å². The Kier molecular flexibility index (Phi) is 11.6. The number of benzene rings is 5. The molecule has 60 heavy (non-hydrogen) atoms. The number of fused-ring (bicyclic) bond motifs is 2. The maximum atomic E-state index is 15.0. The lowest BCUT2D eigenvalue weighted by Gasteiger charge is -2.55. The van der Waals surface area contributed by atoms with Gasteiger partial charge in [-0.15, -0.1) is 6.58 Å². The van der Waals surface area contributed by atoms with Crippen LogP contribution in [0.3, 0.4) is 0 Å². The average Bonchev–Trinajstić information content (AvgIpc) is 3.61. The van der Waals surface area contributed by atoms with Gasteiger partial charge in [0.2, 0.25) is 11.8 Å². The summed E-state index contributed by atoms with van der Waals surface area (Å²) in [5.74, 6) is -0.692. The number of hydrogen-bond donors (Lipinski definition) is 3. The van der Waals surface area contributed by atoms with Crippen LogP contribution in [0.15, 0.2) is 146 Å². The number of phosphoric ester groups is 1. The number of carbonyl (C=O) groups is 3. The number of hydrogen-bond acceptors (Lipinski definition) is 7. The first-order valence-corrected chi connectivity index (χ1v) is 21.1. The predicted octanol–water partition coefficient (Wildman–Crippen LogP) is 5.96. The minimum absolute atomic E-state index is 0.0112. The number of aromatic nitrogens is 2. The van der Waals surface area contributed by atoms with Crippen molar-refractivity contribution in [1.29, 1.82) is 0 Å². The molecule has 3 N–H and O–H groups in total. The highest BCUT2D eigenvalue weighted by Gasteiger charge is 2.51. The Hall–Kier alpha value is -6.57. The fraction of sp³-hybridized carbons (Fsp3) is 0.200. The van der Waals surface area contributed by atoms with Gasteiger partial charge in [0.05, 0.1) is 25.2 Å². The van der Waals surface area contributed by atoms with E-state index in [0.717, 1.165) is 38.9 Å². The highest BCUT2D eigenvalue weighted by molar-refractivity contribution is 7.46. The standard InChI is InChI=1S/C45H44N7O7P/c1-2-25-49-31-41(53)51-39(26-32-21-23-37(24-22-32)59-60(56,57)58)44(54)48(30-40(51)52(49)45(55)46-27-33-13-6-3-7-14-33)29-36-19-12-20-38-42(35-17-10-5-11-18-35)47-50(43(36)38)28-34-15-8-4-9-16-34/h2-24,39-40H,1,25-31H2,(H,46,55)(H2,56,57,58)/t39-,40-/m0/s1. The molecule has 0 bridgehead atoms. The highest BCUT2D eigenvalue weighted by Crippen LogP contribution is 2.38. The smallest absolute Gasteiger partial charge is 0.404 e. The van der Waals surface area contributed by atoms with Crippen LogP contribution in [-0.4, -0.2) is 89.1 Å². The van der Waals surface area contributed by atoms with Crippen molar-refractivity contribution in [3.05, 3.63) is 168 Å². The Labute approximate surface area is 347 Å². The molecule has 0 radical (unpaired) electrons. The summed E-state index contributed by atoms with van der Waals surface area (Å²) in [6.07, 6.45) is 0.794. The number of piperazine rings is 1. The summed E-state index contributed by atoms with van der Waals surface area (Å²) in [5, 5.41) is 12.3. The Balaban J connectivity index is 1.19. The predicted molar refractivity (Wildman–Crippen MR) is 226 cm³/mol. The molecule has 2 saturated heterocycles. The van der Waals surface area contributed by atoms with Crippen LogP contribution >= 0.6 is 7.82 Å². The molecule has 2 aliphatic heterocycles. The molecule has 15 heteroatoms. The second kappa shape index (κ2) is 17.3. The molecule has 0 aliphatic carbocycles. The summed E-state index contributed by atoms with van der Waals surface area (Å²) in [6.45, 7) is 4.81. The third kappa shape index (κ3) is 8.73. The molecule has 6 aromatic rings. The summed E-state index contributed by atoms with van der Waals surface area (Å²) in [7, 11) is -4.80. The maximum absolute atomic E-state index is 15.0. The Morgan fingerprint density at radius 1 is 0.833 bits per heavy atom. The Morgan fingerprint density at radius 2 is 1.50 bits per heavy atom. The number of phosphoric acid groups is 1. The van der Waals surface area contributed by atoms with Crippen LogP contribution in [0.25, 0.3) is 22.2 Å². The van der Waals surface area contributed by atoms with Gasteiger partial charge < -0.3 is 19.6 Å². The molecular formula is C45H44N7O7P. The second-order valence-corrected chi connectivity index (χ2v) is 15.9. The molecule has 14 nitrogen and oxygen atoms in total. The molecule has 4 amide bonds. The second-order valence-electron chi connectivity index (χ2n) is 14.7. The molecule has 8 rings (SSSR count). The summed E-state index contributed by atoms with van der Waals surface area (Å²) >= 11 is 0. The van der Waals surface area contributed by atoms with Crippen LogP contribution < -0.4 is 9.84 Å². The van der Waals surface area contributed by atoms with Crippen LogP contribution in [-0.2, 0) is 40.2 Å². The van der Waals surface area contributed by atoms with Crippen molar-refractivity contribution in [2.24, 2.45) is 0 Å². The van der Waals surface area contributed by atoms with E-state index in [2.05, 4.69) is 11.9 Å². The normalized spacial score (nSPS) is 17.1. The van der Waals surface area contributed by atoms with Crippen molar-refractivity contribution in [3.63, 3.8) is 0 Å². The summed E-state index contributed by atoms with van der Waals surface area (Å²) in [6, 6.07) is 40.0. The molecule has 2 atom stereocenters. The number of para-hydroxylation sites is 1. The lowest BCUT2D eigenvalue weighted by Crippen LogP contribution is -2.76. The number of carbonyl (C=O) groups excluding carboxylic acids is 3. The molecule has 3 heterocycles.